The van der Waals surface area contributed by atoms with E-state index in [1.807, 2.05) is 12.1 Å². The number of hydrogen-bond donors (Lipinski definition) is 1. The summed E-state index contributed by atoms with van der Waals surface area (Å²) in [5.41, 5.74) is 2.82. The van der Waals surface area contributed by atoms with E-state index in [0.29, 0.717) is 29.8 Å². The molecule has 5 nitrogen and oxygen atoms in total. The predicted molar refractivity (Wildman–Crippen MR) is 92.7 cm³/mol. The van der Waals surface area contributed by atoms with E-state index in [2.05, 4.69) is 4.72 Å². The van der Waals surface area contributed by atoms with E-state index in [-0.39, 0.29) is 46.9 Å². The van der Waals surface area contributed by atoms with Crippen molar-refractivity contribution in [3.8, 4) is 0 Å². The van der Waals surface area contributed by atoms with Crippen LogP contribution in [0.1, 0.15) is 23.1 Å². The van der Waals surface area contributed by atoms with Crippen LogP contribution in [0.5, 0.6) is 0 Å². The summed E-state index contributed by atoms with van der Waals surface area (Å²) >= 11 is 5.80. The first kappa shape index (κ1) is 21.4. The summed E-state index contributed by atoms with van der Waals surface area (Å²) < 4.78 is 27.7. The maximum absolute atomic E-state index is 12.5. The van der Waals surface area contributed by atoms with E-state index in [1.54, 1.807) is 18.2 Å². The van der Waals surface area contributed by atoms with E-state index in [0.717, 1.165) is 11.1 Å². The first-order valence-electron chi connectivity index (χ1n) is 7.92. The van der Waals surface area contributed by atoms with Crippen molar-refractivity contribution < 1.29 is 47.9 Å². The second kappa shape index (κ2) is 8.87. The predicted octanol–water partition coefficient (Wildman–Crippen LogP) is -1.53. The normalized spacial score (nSPS) is 16.4. The van der Waals surface area contributed by atoms with Crippen LogP contribution < -0.4 is 39.4 Å². The molecule has 26 heavy (non-hydrogen) atoms. The molecule has 0 aliphatic heterocycles. The smallest absolute Gasteiger partial charge is 0.550 e. The number of fused-ring (bicyclic) bond motifs is 1. The number of benzene rings is 2. The van der Waals surface area contributed by atoms with Gasteiger partial charge in [-0.1, -0.05) is 29.8 Å². The zero-order valence-electron chi connectivity index (χ0n) is 14.4. The molecule has 2 aromatic rings. The zero-order chi connectivity index (χ0) is 18.0. The van der Waals surface area contributed by atoms with Crippen LogP contribution in [0.25, 0.3) is 0 Å². The molecule has 0 heterocycles. The van der Waals surface area contributed by atoms with E-state index in [9.17, 15) is 18.3 Å². The Kier molecular flexibility index (Phi) is 7.30. The van der Waals surface area contributed by atoms with Gasteiger partial charge in [-0.15, -0.1) is 0 Å². The molecule has 1 atom stereocenters. The number of halogens is 1. The largest absolute Gasteiger partial charge is 1.00 e. The van der Waals surface area contributed by atoms with Gasteiger partial charge in [0.25, 0.3) is 0 Å². The van der Waals surface area contributed by atoms with Crippen LogP contribution in [-0.2, 0) is 34.1 Å². The van der Waals surface area contributed by atoms with Crippen LogP contribution in [0.15, 0.2) is 47.4 Å². The van der Waals surface area contributed by atoms with Crippen LogP contribution >= 0.6 is 11.6 Å². The maximum Gasteiger partial charge on any atom is 1.00 e. The average Bonchev–Trinajstić information content (AvgIpc) is 2.54. The van der Waals surface area contributed by atoms with Crippen molar-refractivity contribution in [3.05, 3.63) is 64.2 Å². The van der Waals surface area contributed by atoms with Gasteiger partial charge < -0.3 is 9.90 Å². The van der Waals surface area contributed by atoms with Gasteiger partial charge in [0.15, 0.2) is 0 Å². The molecule has 8 heteroatoms. The van der Waals surface area contributed by atoms with Crippen molar-refractivity contribution in [3.63, 3.8) is 0 Å². The fraction of sp³-hybridized carbons (Fsp3) is 0.278. The quantitative estimate of drug-likeness (QED) is 0.616. The molecule has 1 aliphatic carbocycles. The Morgan fingerprint density at radius 2 is 1.85 bits per heavy atom. The van der Waals surface area contributed by atoms with Gasteiger partial charge in [0.05, 0.1) is 4.90 Å². The third-order valence-electron chi connectivity index (χ3n) is 4.29. The molecule has 0 radical (unpaired) electrons. The Hall–Kier alpha value is -0.890. The fourth-order valence-corrected chi connectivity index (χ4v) is 4.48. The Morgan fingerprint density at radius 3 is 2.50 bits per heavy atom. The van der Waals surface area contributed by atoms with Crippen molar-refractivity contribution in [2.75, 3.05) is 0 Å². The van der Waals surface area contributed by atoms with E-state index in [4.69, 9.17) is 11.6 Å². The molecule has 132 valence electrons. The molecule has 0 spiro atoms. The summed E-state index contributed by atoms with van der Waals surface area (Å²) in [6.45, 7) is 0. The van der Waals surface area contributed by atoms with E-state index in [1.165, 1.54) is 12.1 Å². The Labute approximate surface area is 180 Å². The molecule has 1 aliphatic rings. The summed E-state index contributed by atoms with van der Waals surface area (Å²) in [4.78, 5) is 10.9. The fourth-order valence-electron chi connectivity index (χ4n) is 3.09. The molecule has 0 fully saturated rings. The summed E-state index contributed by atoms with van der Waals surface area (Å²) in [6, 6.07) is 11.4. The number of aryl methyl sites for hydroxylation is 1. The molecule has 0 saturated heterocycles. The number of carboxylic acid groups (broad SMARTS) is 1. The summed E-state index contributed by atoms with van der Waals surface area (Å²) in [5, 5.41) is 11.2. The average molecular weight is 402 g/mol. The van der Waals surface area contributed by atoms with Gasteiger partial charge in [-0.25, -0.2) is 13.1 Å². The number of carbonyl (C=O) groups is 1. The van der Waals surface area contributed by atoms with Gasteiger partial charge in [0.2, 0.25) is 10.0 Å². The molecule has 0 amide bonds. The topological polar surface area (TPSA) is 86.3 Å². The molecule has 0 bridgehead atoms. The number of carboxylic acids is 1. The van der Waals surface area contributed by atoms with E-state index < -0.39 is 16.0 Å². The number of carbonyl (C=O) groups excluding carboxylic acids is 1. The van der Waals surface area contributed by atoms with Crippen LogP contribution in [-0.4, -0.2) is 20.4 Å². The number of hydrogen-bond acceptors (Lipinski definition) is 4. The molecule has 0 aromatic heterocycles. The standard InChI is InChI=1S/C18H18ClNO4S.Na/c19-15-4-7-17(8-5-15)25(23,24)20-16-6-3-13-9-12(10-18(21)22)1-2-14(13)11-16;/h1-2,4-5,7-9,16,20H,3,6,10-11H2,(H,21,22);/q;+1/p-1. The summed E-state index contributed by atoms with van der Waals surface area (Å²) in [6.07, 6.45) is 1.83. The Bertz CT molecular complexity index is 900. The second-order valence-electron chi connectivity index (χ2n) is 6.17. The van der Waals surface area contributed by atoms with Crippen LogP contribution in [0.3, 0.4) is 0 Å². The van der Waals surface area contributed by atoms with Gasteiger partial charge in [-0.3, -0.25) is 0 Å². The van der Waals surface area contributed by atoms with Crippen molar-refractivity contribution >= 4 is 27.6 Å². The Morgan fingerprint density at radius 1 is 1.15 bits per heavy atom. The van der Waals surface area contributed by atoms with Gasteiger partial charge in [0, 0.05) is 23.5 Å². The van der Waals surface area contributed by atoms with Crippen molar-refractivity contribution in [2.24, 2.45) is 0 Å². The zero-order valence-corrected chi connectivity index (χ0v) is 17.9. The van der Waals surface area contributed by atoms with Crippen molar-refractivity contribution in [2.45, 2.75) is 36.6 Å². The molecule has 1 N–H and O–H groups in total. The Balaban J connectivity index is 0.00000243. The third kappa shape index (κ3) is 5.31. The number of sulfonamides is 1. The minimum absolute atomic E-state index is 0. The minimum atomic E-state index is -3.60. The third-order valence-corrected chi connectivity index (χ3v) is 6.08. The first-order chi connectivity index (χ1) is 11.8. The SMILES string of the molecule is O=C([O-])Cc1ccc2c(c1)CCC(NS(=O)(=O)c1ccc(Cl)cc1)C2.[Na+]. The number of rotatable bonds is 5. The molecule has 0 saturated carbocycles. The molecule has 3 rings (SSSR count). The van der Waals surface area contributed by atoms with Crippen LogP contribution in [0.4, 0.5) is 0 Å². The molecule has 2 aromatic carbocycles. The maximum atomic E-state index is 12.5. The van der Waals surface area contributed by atoms with E-state index >= 15 is 0 Å². The van der Waals surface area contributed by atoms with Gasteiger partial charge in [-0.2, -0.15) is 0 Å². The summed E-state index contributed by atoms with van der Waals surface area (Å²) in [5.74, 6) is -1.11. The molecular weight excluding hydrogens is 385 g/mol. The monoisotopic (exact) mass is 401 g/mol. The second-order valence-corrected chi connectivity index (χ2v) is 8.32. The summed E-state index contributed by atoms with van der Waals surface area (Å²) in [7, 11) is -3.60. The molecule has 1 unspecified atom stereocenters. The number of nitrogens with one attached hydrogen (secondary N) is 1. The van der Waals surface area contributed by atoms with Gasteiger partial charge in [0.1, 0.15) is 0 Å². The van der Waals surface area contributed by atoms with Crippen molar-refractivity contribution in [1.82, 2.24) is 4.72 Å². The van der Waals surface area contributed by atoms with Gasteiger partial charge >= 0.3 is 29.6 Å². The van der Waals surface area contributed by atoms with Crippen LogP contribution in [0.2, 0.25) is 5.02 Å². The van der Waals surface area contributed by atoms with Crippen LogP contribution in [0, 0.1) is 0 Å². The first-order valence-corrected chi connectivity index (χ1v) is 9.78. The number of aliphatic carboxylic acids is 1. The van der Waals surface area contributed by atoms with Crippen molar-refractivity contribution in [1.29, 1.82) is 0 Å². The molecular formula is C18H17ClNNaO4S. The minimum Gasteiger partial charge on any atom is -0.550 e. The van der Waals surface area contributed by atoms with Gasteiger partial charge in [-0.05, 0) is 60.2 Å².